The number of oxime groups is 1. The van der Waals surface area contributed by atoms with Crippen molar-refractivity contribution in [2.45, 2.75) is 6.54 Å². The van der Waals surface area contributed by atoms with E-state index >= 15 is 0 Å². The lowest BCUT2D eigenvalue weighted by Gasteiger charge is -2.19. The molecule has 0 aliphatic carbocycles. The molecular formula is C12H13ClN4OS. The third-order valence-corrected chi connectivity index (χ3v) is 3.72. The molecule has 2 aromatic rings. The molecule has 0 amide bonds. The topological polar surface area (TPSA) is 74.7 Å². The summed E-state index contributed by atoms with van der Waals surface area (Å²) in [6.45, 7) is 0.690. The third-order valence-electron chi connectivity index (χ3n) is 2.62. The molecule has 2 rings (SSSR count). The van der Waals surface area contributed by atoms with E-state index in [2.05, 4.69) is 15.5 Å². The Morgan fingerprint density at radius 2 is 2.37 bits per heavy atom. The van der Waals surface area contributed by atoms with Gasteiger partial charge in [-0.2, -0.15) is 11.3 Å². The van der Waals surface area contributed by atoms with Gasteiger partial charge in [-0.25, -0.2) is 4.98 Å². The minimum atomic E-state index is -0.0300. The summed E-state index contributed by atoms with van der Waals surface area (Å²) in [5, 5.41) is 16.1. The highest BCUT2D eigenvalue weighted by molar-refractivity contribution is 7.07. The molecule has 0 saturated carbocycles. The molecule has 3 N–H and O–H groups in total. The van der Waals surface area contributed by atoms with E-state index < -0.39 is 0 Å². The molecular weight excluding hydrogens is 284 g/mol. The van der Waals surface area contributed by atoms with Crippen LogP contribution in [0.2, 0.25) is 5.02 Å². The van der Waals surface area contributed by atoms with Crippen LogP contribution < -0.4 is 10.6 Å². The highest BCUT2D eigenvalue weighted by Crippen LogP contribution is 2.27. The average Bonchev–Trinajstić information content (AvgIpc) is 2.90. The number of pyridine rings is 1. The predicted molar refractivity (Wildman–Crippen MR) is 78.2 cm³/mol. The maximum absolute atomic E-state index is 8.72. The summed E-state index contributed by atoms with van der Waals surface area (Å²) in [6.07, 6.45) is 1.58. The molecule has 0 atom stereocenters. The van der Waals surface area contributed by atoms with Crippen LogP contribution in [0.4, 0.5) is 5.82 Å². The second-order valence-electron chi connectivity index (χ2n) is 3.97. The lowest BCUT2D eigenvalue weighted by molar-refractivity contribution is 0.318. The first-order valence-corrected chi connectivity index (χ1v) is 6.80. The van der Waals surface area contributed by atoms with Gasteiger partial charge in [0, 0.05) is 25.4 Å². The number of rotatable bonds is 4. The van der Waals surface area contributed by atoms with Crippen molar-refractivity contribution in [2.75, 3.05) is 11.9 Å². The summed E-state index contributed by atoms with van der Waals surface area (Å²) < 4.78 is 0. The summed E-state index contributed by atoms with van der Waals surface area (Å²) in [7, 11) is 1.89. The van der Waals surface area contributed by atoms with Crippen molar-refractivity contribution in [3.63, 3.8) is 0 Å². The molecule has 100 valence electrons. The highest BCUT2D eigenvalue weighted by Gasteiger charge is 2.14. The van der Waals surface area contributed by atoms with Gasteiger partial charge < -0.3 is 15.8 Å². The second kappa shape index (κ2) is 5.90. The number of hydrogen-bond donors (Lipinski definition) is 2. The summed E-state index contributed by atoms with van der Waals surface area (Å²) in [5.41, 5.74) is 7.22. The molecule has 0 bridgehead atoms. The van der Waals surface area contributed by atoms with Crippen molar-refractivity contribution in [1.29, 1.82) is 0 Å². The number of hydrogen-bond acceptors (Lipinski definition) is 5. The van der Waals surface area contributed by atoms with Gasteiger partial charge in [-0.1, -0.05) is 16.8 Å². The summed E-state index contributed by atoms with van der Waals surface area (Å²) in [4.78, 5) is 6.16. The van der Waals surface area contributed by atoms with Gasteiger partial charge in [-0.3, -0.25) is 0 Å². The van der Waals surface area contributed by atoms with Crippen LogP contribution in [0.25, 0.3) is 0 Å². The van der Waals surface area contributed by atoms with Crippen LogP contribution in [-0.2, 0) is 6.54 Å². The van der Waals surface area contributed by atoms with Gasteiger partial charge in [0.1, 0.15) is 5.82 Å². The fourth-order valence-corrected chi connectivity index (χ4v) is 2.69. The van der Waals surface area contributed by atoms with Crippen molar-refractivity contribution in [3.8, 4) is 0 Å². The number of nitrogens with zero attached hydrogens (tertiary/aromatic N) is 3. The van der Waals surface area contributed by atoms with Crippen LogP contribution in [-0.4, -0.2) is 23.1 Å². The lowest BCUT2D eigenvalue weighted by Crippen LogP contribution is -2.20. The number of amidine groups is 1. The Labute approximate surface area is 119 Å². The molecule has 7 heteroatoms. The fraction of sp³-hybridized carbons (Fsp3) is 0.167. The Hall–Kier alpha value is -1.79. The number of anilines is 1. The smallest absolute Gasteiger partial charge is 0.171 e. The summed E-state index contributed by atoms with van der Waals surface area (Å²) in [6, 6.07) is 3.65. The van der Waals surface area contributed by atoms with E-state index in [4.69, 9.17) is 22.5 Å². The van der Waals surface area contributed by atoms with Crippen LogP contribution in [0.3, 0.4) is 0 Å². The Balaban J connectivity index is 2.29. The molecule has 0 aliphatic heterocycles. The lowest BCUT2D eigenvalue weighted by atomic mass is 10.2. The monoisotopic (exact) mass is 296 g/mol. The van der Waals surface area contributed by atoms with Gasteiger partial charge in [-0.05, 0) is 28.5 Å². The van der Waals surface area contributed by atoms with Crippen molar-refractivity contribution < 1.29 is 5.21 Å². The van der Waals surface area contributed by atoms with E-state index in [1.807, 2.05) is 23.4 Å². The van der Waals surface area contributed by atoms with Crippen LogP contribution in [0.5, 0.6) is 0 Å². The molecule has 0 fully saturated rings. The molecule has 2 aromatic heterocycles. The van der Waals surface area contributed by atoms with Gasteiger partial charge in [0.05, 0.1) is 5.02 Å². The first-order valence-electron chi connectivity index (χ1n) is 5.48. The quantitative estimate of drug-likeness (QED) is 0.393. The molecule has 0 saturated heterocycles. The van der Waals surface area contributed by atoms with Crippen molar-refractivity contribution in [1.82, 2.24) is 4.98 Å². The maximum Gasteiger partial charge on any atom is 0.171 e. The highest BCUT2D eigenvalue weighted by atomic mass is 35.5. The van der Waals surface area contributed by atoms with Gasteiger partial charge >= 0.3 is 0 Å². The van der Waals surface area contributed by atoms with Gasteiger partial charge in [0.2, 0.25) is 0 Å². The fourth-order valence-electron chi connectivity index (χ4n) is 1.68. The van der Waals surface area contributed by atoms with E-state index in [1.165, 1.54) is 5.56 Å². The predicted octanol–water partition coefficient (Wildman–Crippen LogP) is 2.53. The Bertz CT molecular complexity index is 585. The standard InChI is InChI=1S/C12H13ClN4OS/c1-17(6-8-3-5-19-7-8)12-10(13)9(2-4-15-12)11(14)16-18/h2-5,7,18H,6H2,1H3,(H2,14,16). The summed E-state index contributed by atoms with van der Waals surface area (Å²) >= 11 is 7.88. The minimum Gasteiger partial charge on any atom is -0.409 e. The summed E-state index contributed by atoms with van der Waals surface area (Å²) in [5.74, 6) is 0.564. The van der Waals surface area contributed by atoms with Gasteiger partial charge in [0.25, 0.3) is 0 Å². The van der Waals surface area contributed by atoms with E-state index in [0.717, 1.165) is 0 Å². The number of halogens is 1. The third kappa shape index (κ3) is 2.97. The van der Waals surface area contributed by atoms with E-state index in [9.17, 15) is 0 Å². The van der Waals surface area contributed by atoms with E-state index in [1.54, 1.807) is 23.6 Å². The first-order chi connectivity index (χ1) is 9.13. The Kier molecular flexibility index (Phi) is 4.24. The Morgan fingerprint density at radius 3 is 3.00 bits per heavy atom. The normalized spacial score (nSPS) is 11.6. The van der Waals surface area contributed by atoms with Crippen molar-refractivity contribution in [3.05, 3.63) is 45.2 Å². The molecule has 0 spiro atoms. The maximum atomic E-state index is 8.72. The molecule has 2 heterocycles. The minimum absolute atomic E-state index is 0.0300. The zero-order chi connectivity index (χ0) is 13.8. The molecule has 0 aromatic carbocycles. The number of aromatic nitrogens is 1. The van der Waals surface area contributed by atoms with Crippen molar-refractivity contribution in [2.24, 2.45) is 10.9 Å². The second-order valence-corrected chi connectivity index (χ2v) is 5.13. The molecule has 0 unspecified atom stereocenters. The van der Waals surface area contributed by atoms with E-state index in [-0.39, 0.29) is 5.84 Å². The average molecular weight is 297 g/mol. The van der Waals surface area contributed by atoms with Crippen LogP contribution in [0, 0.1) is 0 Å². The molecule has 0 aliphatic rings. The first kappa shape index (κ1) is 13.6. The SMILES string of the molecule is CN(Cc1ccsc1)c1nccc(/C(N)=N/O)c1Cl. The largest absolute Gasteiger partial charge is 0.409 e. The van der Waals surface area contributed by atoms with Gasteiger partial charge in [0.15, 0.2) is 5.84 Å². The molecule has 5 nitrogen and oxygen atoms in total. The number of nitrogens with two attached hydrogens (primary N) is 1. The van der Waals surface area contributed by atoms with Crippen LogP contribution >= 0.6 is 22.9 Å². The number of thiophene rings is 1. The molecule has 0 radical (unpaired) electrons. The van der Waals surface area contributed by atoms with Gasteiger partial charge in [-0.15, -0.1) is 0 Å². The van der Waals surface area contributed by atoms with Crippen molar-refractivity contribution >= 4 is 34.6 Å². The zero-order valence-electron chi connectivity index (χ0n) is 10.2. The Morgan fingerprint density at radius 1 is 1.58 bits per heavy atom. The molecule has 19 heavy (non-hydrogen) atoms. The zero-order valence-corrected chi connectivity index (χ0v) is 11.8. The van der Waals surface area contributed by atoms with E-state index in [0.29, 0.717) is 22.9 Å². The van der Waals surface area contributed by atoms with Crippen LogP contribution in [0.15, 0.2) is 34.2 Å². The van der Waals surface area contributed by atoms with Crippen LogP contribution in [0.1, 0.15) is 11.1 Å².